The second-order valence-electron chi connectivity index (χ2n) is 12.9. The van der Waals surface area contributed by atoms with E-state index in [1.54, 1.807) is 100 Å². The van der Waals surface area contributed by atoms with Crippen molar-refractivity contribution in [2.45, 2.75) is 62.7 Å². The van der Waals surface area contributed by atoms with Gasteiger partial charge >= 0.3 is 18.0 Å². The van der Waals surface area contributed by atoms with Crippen LogP contribution >= 0.6 is 0 Å². The zero-order valence-electron chi connectivity index (χ0n) is 25.5. The van der Waals surface area contributed by atoms with Crippen LogP contribution in [0.5, 0.6) is 0 Å². The lowest BCUT2D eigenvalue weighted by Crippen LogP contribution is -2.67. The fourth-order valence-corrected chi connectivity index (χ4v) is 8.36. The molecule has 45 heavy (non-hydrogen) atoms. The molecule has 0 spiro atoms. The number of aliphatic carboxylic acids is 2. The van der Waals surface area contributed by atoms with Crippen LogP contribution in [0.25, 0.3) is 0 Å². The number of fused-ring (bicyclic) bond motifs is 1. The standard InChI is InChI=1S/C34H37NO9S/c1-21-15-17-24(18-16-21)45(41,42)44-28-25(19-22-11-7-5-8-12-22)34(30(38)39,35-31(40)43-32(2,3)4)33(26(28)27(33)29(36)37)20-23-13-9-6-10-14-23/h5-18,25-28H,19-20H2,1-4H3,(H,35,40)(H,36,37)(H,38,39)/t25?,26-,27-,28+,33-,34+/m0/s1. The molecule has 0 aliphatic heterocycles. The van der Waals surface area contributed by atoms with Crippen molar-refractivity contribution in [3.8, 4) is 0 Å². The summed E-state index contributed by atoms with van der Waals surface area (Å²) in [5.41, 5.74) is -2.88. The van der Waals surface area contributed by atoms with Crippen molar-refractivity contribution in [2.75, 3.05) is 0 Å². The van der Waals surface area contributed by atoms with Gasteiger partial charge in [-0.15, -0.1) is 0 Å². The van der Waals surface area contributed by atoms with Gasteiger partial charge in [0.15, 0.2) is 5.54 Å². The minimum Gasteiger partial charge on any atom is -0.481 e. The summed E-state index contributed by atoms with van der Waals surface area (Å²) < 4.78 is 39.0. The third-order valence-electron chi connectivity index (χ3n) is 8.93. The Morgan fingerprint density at radius 1 is 0.867 bits per heavy atom. The maximum Gasteiger partial charge on any atom is 0.408 e. The molecule has 3 aromatic rings. The van der Waals surface area contributed by atoms with Gasteiger partial charge in [0.1, 0.15) is 5.60 Å². The molecule has 6 atom stereocenters. The Kier molecular flexibility index (Phi) is 8.30. The van der Waals surface area contributed by atoms with Gasteiger partial charge in [-0.25, -0.2) is 9.59 Å². The molecule has 0 radical (unpaired) electrons. The van der Waals surface area contributed by atoms with Gasteiger partial charge in [-0.05, 0) is 63.8 Å². The summed E-state index contributed by atoms with van der Waals surface area (Å²) in [6, 6.07) is 23.5. The number of amides is 1. The number of carbonyl (C=O) groups is 3. The van der Waals surface area contributed by atoms with Crippen molar-refractivity contribution in [2.24, 2.45) is 23.2 Å². The predicted octanol–water partition coefficient (Wildman–Crippen LogP) is 4.85. The molecule has 2 aliphatic carbocycles. The Bertz CT molecular complexity index is 1690. The van der Waals surface area contributed by atoms with Crippen LogP contribution in [0, 0.1) is 30.1 Å². The number of carboxylic acids is 2. The SMILES string of the molecule is Cc1ccc(S(=O)(=O)O[C@@H]2C(Cc3ccccc3)[C@@](NC(=O)OC(C)(C)C)(C(=O)O)[C@@]3(Cc4ccccc4)[C@H]2[C@H]3C(=O)O)cc1. The molecular formula is C34H37NO9S. The second kappa shape index (κ2) is 11.6. The number of nitrogens with one attached hydrogen (secondary N) is 1. The monoisotopic (exact) mass is 635 g/mol. The van der Waals surface area contributed by atoms with E-state index in [-0.39, 0.29) is 17.7 Å². The molecule has 11 heteroatoms. The molecule has 3 aromatic carbocycles. The molecule has 1 amide bonds. The first kappa shape index (κ1) is 32.2. The lowest BCUT2D eigenvalue weighted by Gasteiger charge is -2.42. The van der Waals surface area contributed by atoms with Crippen LogP contribution < -0.4 is 5.32 Å². The van der Waals surface area contributed by atoms with Gasteiger partial charge in [0.25, 0.3) is 10.1 Å². The summed E-state index contributed by atoms with van der Waals surface area (Å²) in [6.45, 7) is 6.66. The molecule has 2 fully saturated rings. The highest BCUT2D eigenvalue weighted by molar-refractivity contribution is 7.86. The molecule has 0 bridgehead atoms. The van der Waals surface area contributed by atoms with E-state index in [1.807, 2.05) is 0 Å². The first-order valence-corrected chi connectivity index (χ1v) is 16.1. The van der Waals surface area contributed by atoms with Gasteiger partial charge in [-0.3, -0.25) is 8.98 Å². The Labute approximate surface area is 262 Å². The molecule has 0 saturated heterocycles. The predicted molar refractivity (Wildman–Crippen MR) is 164 cm³/mol. The quantitative estimate of drug-likeness (QED) is 0.265. The average Bonchev–Trinajstić information content (AvgIpc) is 3.58. The summed E-state index contributed by atoms with van der Waals surface area (Å²) in [4.78, 5) is 40.1. The zero-order chi connectivity index (χ0) is 32.8. The third kappa shape index (κ3) is 5.82. The lowest BCUT2D eigenvalue weighted by molar-refractivity contribution is -0.154. The highest BCUT2D eigenvalue weighted by atomic mass is 32.2. The van der Waals surface area contributed by atoms with Crippen molar-refractivity contribution in [3.63, 3.8) is 0 Å². The summed E-state index contributed by atoms with van der Waals surface area (Å²) in [7, 11) is -4.50. The number of ether oxygens (including phenoxy) is 1. The number of hydrogen-bond acceptors (Lipinski definition) is 7. The number of aryl methyl sites for hydroxylation is 1. The van der Waals surface area contributed by atoms with E-state index in [0.717, 1.165) is 5.56 Å². The van der Waals surface area contributed by atoms with E-state index in [9.17, 15) is 33.0 Å². The fraction of sp³-hybridized carbons (Fsp3) is 0.382. The number of carboxylic acid groups (broad SMARTS) is 2. The molecule has 1 unspecified atom stereocenters. The van der Waals surface area contributed by atoms with Crippen LogP contribution in [0.1, 0.15) is 37.5 Å². The summed E-state index contributed by atoms with van der Waals surface area (Å²) in [6.07, 6.45) is -2.59. The van der Waals surface area contributed by atoms with E-state index in [2.05, 4.69) is 5.32 Å². The number of hydrogen-bond donors (Lipinski definition) is 3. The van der Waals surface area contributed by atoms with Gasteiger partial charge < -0.3 is 20.3 Å². The van der Waals surface area contributed by atoms with Gasteiger partial charge in [-0.2, -0.15) is 8.42 Å². The Hall–Kier alpha value is -4.22. The maximum absolute atomic E-state index is 13.8. The molecule has 10 nitrogen and oxygen atoms in total. The number of benzene rings is 3. The van der Waals surface area contributed by atoms with Gasteiger partial charge in [0, 0.05) is 17.3 Å². The van der Waals surface area contributed by atoms with Crippen LogP contribution in [0.2, 0.25) is 0 Å². The maximum atomic E-state index is 13.8. The minimum absolute atomic E-state index is 0.0313. The molecular weight excluding hydrogens is 598 g/mol. The average molecular weight is 636 g/mol. The van der Waals surface area contributed by atoms with Crippen LogP contribution in [-0.2, 0) is 41.5 Å². The van der Waals surface area contributed by atoms with E-state index >= 15 is 0 Å². The minimum atomic E-state index is -4.50. The highest BCUT2D eigenvalue weighted by Crippen LogP contribution is 2.76. The van der Waals surface area contributed by atoms with Gasteiger partial charge in [-0.1, -0.05) is 78.4 Å². The molecule has 2 saturated carbocycles. The molecule has 2 aliphatic rings. The van der Waals surface area contributed by atoms with Crippen molar-refractivity contribution in [1.29, 1.82) is 0 Å². The summed E-state index contributed by atoms with van der Waals surface area (Å²) >= 11 is 0. The van der Waals surface area contributed by atoms with Crippen molar-refractivity contribution in [1.82, 2.24) is 5.32 Å². The van der Waals surface area contributed by atoms with Crippen molar-refractivity contribution >= 4 is 28.1 Å². The molecule has 238 valence electrons. The largest absolute Gasteiger partial charge is 0.481 e. The highest BCUT2D eigenvalue weighted by Gasteiger charge is 2.89. The van der Waals surface area contributed by atoms with Gasteiger partial charge in [0.2, 0.25) is 0 Å². The van der Waals surface area contributed by atoms with Crippen LogP contribution in [-0.4, -0.2) is 53.9 Å². The second-order valence-corrected chi connectivity index (χ2v) is 14.5. The normalized spacial score (nSPS) is 27.3. The van der Waals surface area contributed by atoms with E-state index in [1.165, 1.54) is 12.1 Å². The van der Waals surface area contributed by atoms with Gasteiger partial charge in [0.05, 0.1) is 16.9 Å². The number of rotatable bonds is 10. The lowest BCUT2D eigenvalue weighted by atomic mass is 9.68. The molecule has 5 rings (SSSR count). The zero-order valence-corrected chi connectivity index (χ0v) is 26.3. The van der Waals surface area contributed by atoms with E-state index < -0.39 is 68.6 Å². The third-order valence-corrected chi connectivity index (χ3v) is 10.3. The smallest absolute Gasteiger partial charge is 0.408 e. The Morgan fingerprint density at radius 3 is 1.93 bits per heavy atom. The van der Waals surface area contributed by atoms with E-state index in [4.69, 9.17) is 8.92 Å². The Morgan fingerprint density at radius 2 is 1.42 bits per heavy atom. The molecule has 3 N–H and O–H groups in total. The van der Waals surface area contributed by atoms with Crippen molar-refractivity contribution in [3.05, 3.63) is 102 Å². The first-order valence-electron chi connectivity index (χ1n) is 14.7. The number of carbonyl (C=O) groups excluding carboxylic acids is 1. The first-order chi connectivity index (χ1) is 21.1. The van der Waals surface area contributed by atoms with E-state index in [0.29, 0.717) is 11.1 Å². The summed E-state index contributed by atoms with van der Waals surface area (Å²) in [5.74, 6) is -6.47. The van der Waals surface area contributed by atoms with Crippen LogP contribution in [0.4, 0.5) is 4.79 Å². The molecule has 0 heterocycles. The molecule has 0 aromatic heterocycles. The summed E-state index contributed by atoms with van der Waals surface area (Å²) in [5, 5.41) is 24.3. The van der Waals surface area contributed by atoms with Crippen molar-refractivity contribution < 1.29 is 41.9 Å². The fourth-order valence-electron chi connectivity index (χ4n) is 7.23. The Balaban J connectivity index is 1.74. The number of alkyl carbamates (subject to hydrolysis) is 1. The topological polar surface area (TPSA) is 156 Å². The van der Waals surface area contributed by atoms with Crippen LogP contribution in [0.3, 0.4) is 0 Å². The van der Waals surface area contributed by atoms with Crippen LogP contribution in [0.15, 0.2) is 89.8 Å².